The Morgan fingerprint density at radius 3 is 1.58 bits per heavy atom. The molecule has 0 radical (unpaired) electrons. The normalized spacial score (nSPS) is 18.4. The van der Waals surface area contributed by atoms with Gasteiger partial charge in [0.2, 0.25) is 0 Å². The number of Topliss-reactive ketones (excluding diaryl/α,β-unsaturated/α-hetero) is 1. The average molecular weight is 1300 g/mol. The second kappa shape index (κ2) is 38.8. The fourth-order valence-corrected chi connectivity index (χ4v) is 9.90. The van der Waals surface area contributed by atoms with Crippen LogP contribution in [0.1, 0.15) is 102 Å². The predicted octanol–water partition coefficient (Wildman–Crippen LogP) is 7.85. The summed E-state index contributed by atoms with van der Waals surface area (Å²) < 4.78 is 21.6. The van der Waals surface area contributed by atoms with Crippen LogP contribution < -0.4 is 21.5 Å². The van der Waals surface area contributed by atoms with Crippen LogP contribution in [0.15, 0.2) is 144 Å². The highest BCUT2D eigenvalue weighted by Crippen LogP contribution is 2.24. The van der Waals surface area contributed by atoms with Crippen molar-refractivity contribution in [1.82, 2.24) is 29.6 Å². The Labute approximate surface area is 534 Å². The predicted molar refractivity (Wildman–Crippen MR) is 341 cm³/mol. The molecule has 9 rings (SSSR count). The molecule has 466 valence electrons. The zero-order valence-electron chi connectivity index (χ0n) is 52.1. The van der Waals surface area contributed by atoms with E-state index in [0.717, 1.165) is 83.9 Å². The van der Waals surface area contributed by atoms with Crippen molar-refractivity contribution in [3.05, 3.63) is 187 Å². The van der Waals surface area contributed by atoms with Crippen LogP contribution in [0.2, 0.25) is 0 Å². The maximum atomic E-state index is 11.6. The average Bonchev–Trinajstić information content (AvgIpc) is 4.15. The van der Waals surface area contributed by atoms with Gasteiger partial charge in [-0.05, 0) is 123 Å². The Morgan fingerprint density at radius 2 is 1.09 bits per heavy atom. The van der Waals surface area contributed by atoms with Crippen LogP contribution in [0, 0.1) is 17.8 Å². The number of nitrogens with one attached hydrogen (secondary N) is 1. The third-order valence-corrected chi connectivity index (χ3v) is 16.3. The number of aromatic amines is 1. The molecule has 2 aromatic carbocycles. The summed E-state index contributed by atoms with van der Waals surface area (Å²) in [6, 6.07) is 29.8. The van der Waals surface area contributed by atoms with Crippen molar-refractivity contribution < 1.29 is 64.5 Å². The van der Waals surface area contributed by atoms with Gasteiger partial charge in [0, 0.05) is 109 Å². The molecule has 0 aliphatic carbocycles. The highest BCUT2D eigenvalue weighted by molar-refractivity contribution is 7.73. The zero-order valence-corrected chi connectivity index (χ0v) is 56.1. The van der Waals surface area contributed by atoms with Gasteiger partial charge in [0.15, 0.2) is 28.2 Å². The monoisotopic (exact) mass is 1300 g/mol. The van der Waals surface area contributed by atoms with E-state index in [2.05, 4.69) is 110 Å². The number of halogens is 2. The molecule has 86 heavy (non-hydrogen) atoms. The number of alkyl halides is 1. The summed E-state index contributed by atoms with van der Waals surface area (Å²) in [6.45, 7) is 17.4. The fourth-order valence-electron chi connectivity index (χ4n) is 8.87. The molecule has 0 fully saturated rings. The Balaban J connectivity index is 0.000000272. The first-order valence-corrected chi connectivity index (χ1v) is 30.2. The molecular weight excluding hydrogens is 1210 g/mol. The van der Waals surface area contributed by atoms with E-state index in [1.54, 1.807) is 29.5 Å². The van der Waals surface area contributed by atoms with Gasteiger partial charge in [0.05, 0.1) is 45.6 Å². The minimum Gasteiger partial charge on any atom is -1.00 e. The zero-order chi connectivity index (χ0) is 62.6. The van der Waals surface area contributed by atoms with Crippen LogP contribution in [-0.2, 0) is 46.4 Å². The summed E-state index contributed by atoms with van der Waals surface area (Å²) in [7, 11) is 11.8. The van der Waals surface area contributed by atoms with Crippen LogP contribution in [0.25, 0.3) is 5.57 Å². The number of H-pyrrole nitrogens is 1. The van der Waals surface area contributed by atoms with Crippen molar-refractivity contribution in [2.24, 2.45) is 0 Å². The SMILES string of the molecule is CC1CC=C(C(=O)CCl)CN1C.CC1CC=C(c2csc(=S)[nH]2)CN1C.COC(=O)C1=CCC(C)N(C)C1.COC(=O)C1=CCC(C)N(Cc2ccccc2)C1.COC(=O)c1ccc(C)[n+](Cc2ccccc2)c1.COC(=O)c1ccc(C)nc1.[Br-]. The molecule has 4 aliphatic heterocycles. The van der Waals surface area contributed by atoms with Crippen molar-refractivity contribution in [2.45, 2.75) is 104 Å². The molecular formula is C66H87BrClN7O9S2. The number of rotatable bonds is 11. The molecule has 0 bridgehead atoms. The summed E-state index contributed by atoms with van der Waals surface area (Å²) in [6.07, 6.45) is 15.5. The Hall–Kier alpha value is -6.29. The lowest BCUT2D eigenvalue weighted by molar-refractivity contribution is -0.694. The molecule has 0 amide bonds. The number of nitrogens with zero attached hydrogens (tertiary/aromatic N) is 6. The van der Waals surface area contributed by atoms with Gasteiger partial charge in [-0.1, -0.05) is 85.0 Å². The molecule has 0 saturated carbocycles. The maximum Gasteiger partial charge on any atom is 0.343 e. The van der Waals surface area contributed by atoms with Crippen LogP contribution in [0.3, 0.4) is 0 Å². The number of esters is 4. The Kier molecular flexibility index (Phi) is 33.4. The number of pyridine rings is 2. The van der Waals surface area contributed by atoms with Crippen molar-refractivity contribution in [2.75, 3.05) is 81.6 Å². The third-order valence-electron chi connectivity index (χ3n) is 15.0. The van der Waals surface area contributed by atoms with Crippen molar-refractivity contribution in [3.8, 4) is 0 Å². The van der Waals surface area contributed by atoms with Crippen molar-refractivity contribution in [3.63, 3.8) is 0 Å². The van der Waals surface area contributed by atoms with E-state index in [4.69, 9.17) is 33.3 Å². The van der Waals surface area contributed by atoms with Crippen LogP contribution >= 0.6 is 35.2 Å². The van der Waals surface area contributed by atoms with Crippen molar-refractivity contribution >= 4 is 70.4 Å². The van der Waals surface area contributed by atoms with Crippen molar-refractivity contribution in [1.29, 1.82) is 0 Å². The molecule has 0 spiro atoms. The number of hydrogen-bond donors (Lipinski definition) is 1. The van der Waals surface area contributed by atoms with Gasteiger partial charge < -0.3 is 40.9 Å². The number of carbonyl (C=O) groups excluding carboxylic acids is 5. The fraction of sp³-hybridized carbons (Fsp3) is 0.424. The Morgan fingerprint density at radius 1 is 0.616 bits per heavy atom. The van der Waals surface area contributed by atoms with Crippen LogP contribution in [-0.4, -0.2) is 165 Å². The second-order valence-corrected chi connectivity index (χ2v) is 23.2. The molecule has 4 unspecified atom stereocenters. The molecule has 1 N–H and O–H groups in total. The standard InChI is InChI=1S/C15H19NO2.C15H16NO2.C10H14N2S2.C9H14ClNO.C9H15NO2.C8H9NO2.BrH/c2*1-12-8-9-14(15(17)18-2)11-16(12)10-13-6-4-3-5-7-13;1-7-3-4-8(5-12(7)2)9-6-14-10(13)11-9;1-7-3-4-8(6-11(7)2)9(12)5-10;1-7-4-5-8(6-10(7)2)9(11)12-3;1-6-3-4-7(5-9-6)8(10)11-2;/h3-7,9,12H,8,10-11H2,1-2H3;3-9,11H,10H2,1-2H3;4,6-7H,3,5H2,1-2H3,(H,11,13);4,7H,3,5-6H2,1-2H3;5,7H,4,6H2,1-3H3;3-5H,1-2H3;1H/q;+1;;;;;/p-1. The summed E-state index contributed by atoms with van der Waals surface area (Å²) in [5, 5.41) is 2.11. The Bertz CT molecular complexity index is 3090. The van der Waals surface area contributed by atoms with E-state index in [1.807, 2.05) is 99.4 Å². The van der Waals surface area contributed by atoms with E-state index in [0.29, 0.717) is 48.4 Å². The van der Waals surface area contributed by atoms with E-state index >= 15 is 0 Å². The quantitative estimate of drug-likeness (QED) is 0.0446. The molecule has 20 heteroatoms. The number of methoxy groups -OCH3 is 4. The van der Waals surface area contributed by atoms with Gasteiger partial charge in [0.25, 0.3) is 0 Å². The lowest BCUT2D eigenvalue weighted by Gasteiger charge is -2.32. The van der Waals surface area contributed by atoms with Gasteiger partial charge in [0.1, 0.15) is 5.56 Å². The number of carbonyl (C=O) groups is 5. The highest BCUT2D eigenvalue weighted by Gasteiger charge is 2.25. The summed E-state index contributed by atoms with van der Waals surface area (Å²) in [5.41, 5.74) is 10.5. The summed E-state index contributed by atoms with van der Waals surface area (Å²) >= 11 is 12.1. The summed E-state index contributed by atoms with van der Waals surface area (Å²) in [5.74, 6) is -0.896. The molecule has 3 aromatic heterocycles. The second-order valence-electron chi connectivity index (χ2n) is 21.3. The minimum atomic E-state index is -0.350. The minimum absolute atomic E-state index is 0. The molecule has 5 aromatic rings. The van der Waals surface area contributed by atoms with E-state index in [-0.39, 0.29) is 52.5 Å². The smallest absolute Gasteiger partial charge is 0.343 e. The summed E-state index contributed by atoms with van der Waals surface area (Å²) in [4.78, 5) is 72.4. The van der Waals surface area contributed by atoms with Gasteiger partial charge in [-0.3, -0.25) is 29.4 Å². The maximum absolute atomic E-state index is 11.6. The number of ketones is 1. The third kappa shape index (κ3) is 24.8. The number of aromatic nitrogens is 3. The lowest BCUT2D eigenvalue weighted by atomic mass is 10.0. The largest absolute Gasteiger partial charge is 1.00 e. The number of hydrogen-bond acceptors (Lipinski definition) is 16. The number of ether oxygens (including phenoxy) is 4. The lowest BCUT2D eigenvalue weighted by Crippen LogP contribution is -3.00. The number of benzene rings is 2. The highest BCUT2D eigenvalue weighted by atomic mass is 79.9. The van der Waals surface area contributed by atoms with Gasteiger partial charge in [-0.15, -0.1) is 22.9 Å². The molecule has 16 nitrogen and oxygen atoms in total. The van der Waals surface area contributed by atoms with E-state index in [1.165, 1.54) is 57.0 Å². The number of aryl methyl sites for hydroxylation is 2. The first kappa shape index (κ1) is 74.0. The number of likely N-dealkylation sites (N-methyl/N-ethyl adjacent to an activating group) is 3. The van der Waals surface area contributed by atoms with Gasteiger partial charge in [-0.25, -0.2) is 19.2 Å². The topological polar surface area (TPSA) is 168 Å². The molecule has 7 heterocycles. The van der Waals surface area contributed by atoms with E-state index < -0.39 is 0 Å². The molecule has 4 atom stereocenters. The molecule has 4 aliphatic rings. The first-order chi connectivity index (χ1) is 40.6. The van der Waals surface area contributed by atoms with Gasteiger partial charge >= 0.3 is 23.9 Å². The first-order valence-electron chi connectivity index (χ1n) is 28.3. The van der Waals surface area contributed by atoms with Gasteiger partial charge in [-0.2, -0.15) is 4.57 Å². The number of thiazole rings is 1. The van der Waals surface area contributed by atoms with E-state index in [9.17, 15) is 24.0 Å². The molecule has 0 saturated heterocycles. The van der Waals surface area contributed by atoms with Crippen LogP contribution in [0.5, 0.6) is 0 Å². The van der Waals surface area contributed by atoms with Crippen LogP contribution in [0.4, 0.5) is 0 Å².